The molecule has 3 aliphatic rings. The number of carboxylic acid groups (broad SMARTS) is 1. The van der Waals surface area contributed by atoms with Crippen molar-refractivity contribution >= 4 is 47.2 Å². The number of nitrogens with one attached hydrogen (secondary N) is 2. The molecule has 3 rings (SSSR count). The van der Waals surface area contributed by atoms with E-state index < -0.39 is 23.9 Å². The Hall–Kier alpha value is -2.02. The standard InChI is InChI=1S/C20H28N4O6S2/c1-9-16-15(10(2)25)19(28)24(16)17(20(29)30)18(9)32-12-5-11(22-6-12)8-31-4-3-14(27)23-7-13(21)26/h3-4,9-12,15-16,22,25H,5-8H2,1-2H3,(H2,21,26)(H,23,27)(H,29,30)/b4-3+/t9-,10-,11+,12+,15-,16?/m1/s1. The lowest BCUT2D eigenvalue weighted by Crippen LogP contribution is -2.63. The number of carbonyl (C=O) groups excluding carboxylic acids is 3. The molecular weight excluding hydrogens is 456 g/mol. The number of aliphatic hydroxyl groups excluding tert-OH is 1. The van der Waals surface area contributed by atoms with Gasteiger partial charge in [-0.2, -0.15) is 0 Å². The minimum atomic E-state index is -1.11. The smallest absolute Gasteiger partial charge is 0.353 e. The molecule has 6 N–H and O–H groups in total. The molecule has 0 aliphatic carbocycles. The quantitative estimate of drug-likeness (QED) is 0.202. The number of primary amides is 1. The molecular formula is C20H28N4O6S2. The van der Waals surface area contributed by atoms with E-state index in [0.717, 1.165) is 12.2 Å². The van der Waals surface area contributed by atoms with E-state index in [1.165, 1.54) is 34.5 Å². The molecule has 1 unspecified atom stereocenters. The Balaban J connectivity index is 1.53. The largest absolute Gasteiger partial charge is 0.477 e. The number of thioether (sulfide) groups is 2. The number of nitrogens with two attached hydrogens (primary N) is 1. The zero-order chi connectivity index (χ0) is 23.6. The Labute approximate surface area is 194 Å². The summed E-state index contributed by atoms with van der Waals surface area (Å²) in [6, 6.07) is -0.104. The van der Waals surface area contributed by atoms with Gasteiger partial charge in [-0.15, -0.1) is 23.5 Å². The summed E-state index contributed by atoms with van der Waals surface area (Å²) in [5, 5.41) is 27.3. The van der Waals surface area contributed by atoms with Crippen molar-refractivity contribution in [3.05, 3.63) is 22.1 Å². The number of aliphatic carboxylic acids is 1. The number of hydrogen-bond acceptors (Lipinski definition) is 8. The average molecular weight is 485 g/mol. The van der Waals surface area contributed by atoms with Gasteiger partial charge in [0.1, 0.15) is 5.70 Å². The van der Waals surface area contributed by atoms with Gasteiger partial charge in [0, 0.05) is 40.5 Å². The van der Waals surface area contributed by atoms with Crippen LogP contribution in [0.25, 0.3) is 0 Å². The van der Waals surface area contributed by atoms with E-state index in [-0.39, 0.29) is 47.3 Å². The molecule has 3 heterocycles. The van der Waals surface area contributed by atoms with Gasteiger partial charge in [0.15, 0.2) is 0 Å². The highest BCUT2D eigenvalue weighted by Crippen LogP contribution is 2.51. The summed E-state index contributed by atoms with van der Waals surface area (Å²) >= 11 is 2.97. The van der Waals surface area contributed by atoms with E-state index in [0.29, 0.717) is 11.4 Å². The molecule has 2 saturated heterocycles. The van der Waals surface area contributed by atoms with Crippen LogP contribution < -0.4 is 16.4 Å². The second kappa shape index (κ2) is 10.3. The molecule has 12 heteroatoms. The SMILES string of the molecule is C[C@H]1C(S[C@@H]2CN[C@H](CS/C=C/C(=O)NCC(N)=O)C2)=C(C(=O)O)N2C(=O)[C@H]([C@@H](C)O)C12. The topological polar surface area (TPSA) is 162 Å². The van der Waals surface area contributed by atoms with Gasteiger partial charge in [0.05, 0.1) is 24.6 Å². The summed E-state index contributed by atoms with van der Waals surface area (Å²) in [6.45, 7) is 3.99. The van der Waals surface area contributed by atoms with Crippen LogP contribution in [0, 0.1) is 11.8 Å². The van der Waals surface area contributed by atoms with Gasteiger partial charge in [0.25, 0.3) is 0 Å². The van der Waals surface area contributed by atoms with Gasteiger partial charge in [-0.05, 0) is 18.8 Å². The Bertz CT molecular complexity index is 861. The number of hydrogen-bond donors (Lipinski definition) is 5. The predicted octanol–water partition coefficient (Wildman–Crippen LogP) is -0.548. The summed E-state index contributed by atoms with van der Waals surface area (Å²) in [7, 11) is 0. The third-order valence-corrected chi connectivity index (χ3v) is 8.27. The van der Waals surface area contributed by atoms with E-state index in [4.69, 9.17) is 5.73 Å². The molecule has 32 heavy (non-hydrogen) atoms. The monoisotopic (exact) mass is 484 g/mol. The van der Waals surface area contributed by atoms with Crippen molar-refractivity contribution in [2.45, 2.75) is 43.7 Å². The number of amides is 3. The molecule has 0 bridgehead atoms. The molecule has 0 aromatic carbocycles. The molecule has 3 aliphatic heterocycles. The first kappa shape index (κ1) is 24.6. The second-order valence-corrected chi connectivity index (χ2v) is 10.5. The number of fused-ring (bicyclic) bond motifs is 1. The summed E-state index contributed by atoms with van der Waals surface area (Å²) in [5.41, 5.74) is 5.02. The molecule has 0 radical (unpaired) electrons. The van der Waals surface area contributed by atoms with Crippen molar-refractivity contribution in [2.24, 2.45) is 17.6 Å². The van der Waals surface area contributed by atoms with Crippen molar-refractivity contribution in [2.75, 3.05) is 18.8 Å². The number of carbonyl (C=O) groups is 4. The first-order chi connectivity index (χ1) is 15.1. The predicted molar refractivity (Wildman–Crippen MR) is 121 cm³/mol. The number of β-lactam (4-membered cyclic amide) rings is 1. The maximum Gasteiger partial charge on any atom is 0.353 e. The fourth-order valence-corrected chi connectivity index (χ4v) is 6.71. The van der Waals surface area contributed by atoms with Crippen molar-refractivity contribution in [3.8, 4) is 0 Å². The number of carboxylic acids is 1. The Morgan fingerprint density at radius 3 is 2.75 bits per heavy atom. The number of aliphatic hydroxyl groups is 1. The molecule has 3 amide bonds. The third kappa shape index (κ3) is 5.13. The van der Waals surface area contributed by atoms with E-state index in [1.807, 2.05) is 6.92 Å². The van der Waals surface area contributed by atoms with Crippen molar-refractivity contribution < 1.29 is 29.4 Å². The van der Waals surface area contributed by atoms with Gasteiger partial charge in [-0.1, -0.05) is 6.92 Å². The normalized spacial score (nSPS) is 30.4. The van der Waals surface area contributed by atoms with Crippen LogP contribution in [0.1, 0.15) is 20.3 Å². The molecule has 0 saturated carbocycles. The Morgan fingerprint density at radius 2 is 2.12 bits per heavy atom. The molecule has 0 spiro atoms. The summed E-state index contributed by atoms with van der Waals surface area (Å²) in [4.78, 5) is 48.5. The van der Waals surface area contributed by atoms with Gasteiger partial charge >= 0.3 is 5.97 Å². The first-order valence-electron chi connectivity index (χ1n) is 10.3. The van der Waals surface area contributed by atoms with Gasteiger partial charge < -0.3 is 31.5 Å². The minimum Gasteiger partial charge on any atom is -0.477 e. The fraction of sp³-hybridized carbons (Fsp3) is 0.600. The Morgan fingerprint density at radius 1 is 1.41 bits per heavy atom. The molecule has 2 fully saturated rings. The lowest BCUT2D eigenvalue weighted by molar-refractivity contribution is -0.163. The van der Waals surface area contributed by atoms with Crippen LogP contribution >= 0.6 is 23.5 Å². The molecule has 0 aromatic heterocycles. The highest BCUT2D eigenvalue weighted by Gasteiger charge is 2.60. The second-order valence-electron chi connectivity index (χ2n) is 8.17. The lowest BCUT2D eigenvalue weighted by atomic mass is 9.79. The van der Waals surface area contributed by atoms with Crippen molar-refractivity contribution in [3.63, 3.8) is 0 Å². The highest BCUT2D eigenvalue weighted by molar-refractivity contribution is 8.03. The average Bonchev–Trinajstić information content (AvgIpc) is 3.25. The third-order valence-electron chi connectivity index (χ3n) is 5.84. The van der Waals surface area contributed by atoms with Crippen LogP contribution in [0.3, 0.4) is 0 Å². The van der Waals surface area contributed by atoms with E-state index in [1.54, 1.807) is 12.3 Å². The van der Waals surface area contributed by atoms with Crippen LogP contribution in [-0.4, -0.2) is 81.1 Å². The van der Waals surface area contributed by atoms with Crippen LogP contribution in [0.5, 0.6) is 0 Å². The highest BCUT2D eigenvalue weighted by atomic mass is 32.2. The number of nitrogens with zero attached hydrogens (tertiary/aromatic N) is 1. The molecule has 0 aromatic rings. The molecule has 176 valence electrons. The van der Waals surface area contributed by atoms with Gasteiger partial charge in [0.2, 0.25) is 17.7 Å². The summed E-state index contributed by atoms with van der Waals surface area (Å²) in [6.07, 6.45) is 1.35. The van der Waals surface area contributed by atoms with Crippen molar-refractivity contribution in [1.29, 1.82) is 0 Å². The van der Waals surface area contributed by atoms with E-state index in [9.17, 15) is 29.4 Å². The van der Waals surface area contributed by atoms with E-state index in [2.05, 4.69) is 10.6 Å². The van der Waals surface area contributed by atoms with Crippen LogP contribution in [0.4, 0.5) is 0 Å². The Kier molecular flexibility index (Phi) is 7.91. The van der Waals surface area contributed by atoms with Gasteiger partial charge in [-0.3, -0.25) is 14.4 Å². The molecule has 6 atom stereocenters. The maximum atomic E-state index is 12.4. The van der Waals surface area contributed by atoms with E-state index >= 15 is 0 Å². The molecule has 10 nitrogen and oxygen atoms in total. The maximum absolute atomic E-state index is 12.4. The summed E-state index contributed by atoms with van der Waals surface area (Å²) in [5.74, 6) is -2.40. The number of rotatable bonds is 10. The minimum absolute atomic E-state index is 0.0529. The lowest BCUT2D eigenvalue weighted by Gasteiger charge is -2.46. The zero-order valence-corrected chi connectivity index (χ0v) is 19.4. The fourth-order valence-electron chi connectivity index (χ4n) is 4.37. The van der Waals surface area contributed by atoms with Gasteiger partial charge in [-0.25, -0.2) is 4.79 Å². The summed E-state index contributed by atoms with van der Waals surface area (Å²) < 4.78 is 0. The van der Waals surface area contributed by atoms with Crippen LogP contribution in [0.2, 0.25) is 0 Å². The van der Waals surface area contributed by atoms with Crippen LogP contribution in [0.15, 0.2) is 22.1 Å². The zero-order valence-electron chi connectivity index (χ0n) is 17.8. The first-order valence-corrected chi connectivity index (χ1v) is 12.3. The van der Waals surface area contributed by atoms with Crippen molar-refractivity contribution in [1.82, 2.24) is 15.5 Å². The van der Waals surface area contributed by atoms with Crippen LogP contribution in [-0.2, 0) is 19.2 Å².